The largest absolute Gasteiger partial charge is 0.295 e. The molecule has 1 fully saturated rings. The van der Waals surface area contributed by atoms with Gasteiger partial charge in [-0.15, -0.1) is 11.8 Å². The van der Waals surface area contributed by atoms with Crippen LogP contribution in [0.1, 0.15) is 16.5 Å². The highest BCUT2D eigenvalue weighted by Crippen LogP contribution is 2.42. The van der Waals surface area contributed by atoms with Crippen LogP contribution in [0.25, 0.3) is 10.8 Å². The summed E-state index contributed by atoms with van der Waals surface area (Å²) in [6.45, 7) is 1.99. The minimum Gasteiger partial charge on any atom is -0.295 e. The van der Waals surface area contributed by atoms with Gasteiger partial charge in [-0.25, -0.2) is 8.42 Å². The molecule has 0 bridgehead atoms. The van der Waals surface area contributed by atoms with E-state index >= 15 is 0 Å². The summed E-state index contributed by atoms with van der Waals surface area (Å²) in [4.78, 5) is 14.7. The van der Waals surface area contributed by atoms with E-state index in [9.17, 15) is 13.2 Å². The van der Waals surface area contributed by atoms with Gasteiger partial charge < -0.3 is 0 Å². The Balaban J connectivity index is 1.44. The van der Waals surface area contributed by atoms with Crippen molar-refractivity contribution in [2.45, 2.75) is 17.2 Å². The number of anilines is 2. The number of aryl methyl sites for hydroxylation is 1. The van der Waals surface area contributed by atoms with Crippen LogP contribution in [0.2, 0.25) is 0 Å². The van der Waals surface area contributed by atoms with Gasteiger partial charge in [-0.1, -0.05) is 54.6 Å². The van der Waals surface area contributed by atoms with Gasteiger partial charge in [-0.2, -0.15) is 0 Å². The predicted octanol–water partition coefficient (Wildman–Crippen LogP) is 5.73. The molecule has 1 saturated heterocycles. The molecular formula is C26H22N2O3S2. The van der Waals surface area contributed by atoms with E-state index in [2.05, 4.69) is 4.72 Å². The molecule has 4 aromatic rings. The highest BCUT2D eigenvalue weighted by atomic mass is 32.2. The number of carbonyl (C=O) groups excluding carboxylic acids is 1. The SMILES string of the molecule is Cc1cccc(N2C(=O)CS[C@H]2c2cccc(NS(=O)(=O)c3ccc4ccccc4c3)c2)c1. The third-order valence-corrected chi connectivity index (χ3v) is 8.19. The van der Waals surface area contributed by atoms with Gasteiger partial charge in [0, 0.05) is 11.4 Å². The zero-order chi connectivity index (χ0) is 23.0. The maximum absolute atomic E-state index is 13.1. The molecular weight excluding hydrogens is 452 g/mol. The van der Waals surface area contributed by atoms with Gasteiger partial charge in [-0.05, 0) is 65.2 Å². The Bertz CT molecular complexity index is 1470. The van der Waals surface area contributed by atoms with Crippen molar-refractivity contribution in [3.63, 3.8) is 0 Å². The molecule has 0 radical (unpaired) electrons. The number of amides is 1. The van der Waals surface area contributed by atoms with Crippen molar-refractivity contribution in [3.05, 3.63) is 102 Å². The van der Waals surface area contributed by atoms with Gasteiger partial charge in [0.2, 0.25) is 5.91 Å². The first-order chi connectivity index (χ1) is 15.9. The van der Waals surface area contributed by atoms with E-state index in [0.29, 0.717) is 11.4 Å². The predicted molar refractivity (Wildman–Crippen MR) is 135 cm³/mol. The van der Waals surface area contributed by atoms with Crippen molar-refractivity contribution in [1.29, 1.82) is 0 Å². The van der Waals surface area contributed by atoms with Crippen LogP contribution in [0.3, 0.4) is 0 Å². The lowest BCUT2D eigenvalue weighted by Crippen LogP contribution is -2.27. The second-order valence-corrected chi connectivity index (χ2v) is 10.8. The smallest absolute Gasteiger partial charge is 0.261 e. The van der Waals surface area contributed by atoms with Crippen LogP contribution < -0.4 is 9.62 Å². The van der Waals surface area contributed by atoms with Crippen molar-refractivity contribution in [2.75, 3.05) is 15.4 Å². The van der Waals surface area contributed by atoms with E-state index in [4.69, 9.17) is 0 Å². The van der Waals surface area contributed by atoms with Gasteiger partial charge >= 0.3 is 0 Å². The fraction of sp³-hybridized carbons (Fsp3) is 0.115. The van der Waals surface area contributed by atoms with E-state index in [1.54, 1.807) is 35.2 Å². The molecule has 0 saturated carbocycles. The monoisotopic (exact) mass is 474 g/mol. The average molecular weight is 475 g/mol. The lowest BCUT2D eigenvalue weighted by Gasteiger charge is -2.25. The third kappa shape index (κ3) is 4.34. The van der Waals surface area contributed by atoms with Crippen LogP contribution >= 0.6 is 11.8 Å². The Hall–Kier alpha value is -3.29. The molecule has 4 aromatic carbocycles. The molecule has 0 unspecified atom stereocenters. The van der Waals surface area contributed by atoms with Crippen LogP contribution in [0.5, 0.6) is 0 Å². The molecule has 0 spiro atoms. The Kier molecular flexibility index (Phi) is 5.60. The van der Waals surface area contributed by atoms with Crippen LogP contribution in [0, 0.1) is 6.92 Å². The normalized spacial score (nSPS) is 16.3. The molecule has 1 atom stereocenters. The number of fused-ring (bicyclic) bond motifs is 1. The number of benzene rings is 4. The van der Waals surface area contributed by atoms with E-state index in [1.165, 1.54) is 11.8 Å². The molecule has 1 amide bonds. The number of rotatable bonds is 5. The Labute approximate surface area is 197 Å². The molecule has 33 heavy (non-hydrogen) atoms. The lowest BCUT2D eigenvalue weighted by molar-refractivity contribution is -0.115. The minimum atomic E-state index is -3.76. The van der Waals surface area contributed by atoms with E-state index in [0.717, 1.165) is 27.6 Å². The van der Waals surface area contributed by atoms with Crippen molar-refractivity contribution < 1.29 is 13.2 Å². The first kappa shape index (κ1) is 21.6. The molecule has 1 aliphatic heterocycles. The van der Waals surface area contributed by atoms with E-state index in [1.807, 2.05) is 67.6 Å². The maximum Gasteiger partial charge on any atom is 0.261 e. The van der Waals surface area contributed by atoms with Gasteiger partial charge in [0.1, 0.15) is 5.37 Å². The Morgan fingerprint density at radius 3 is 2.48 bits per heavy atom. The molecule has 1 aliphatic rings. The zero-order valence-electron chi connectivity index (χ0n) is 17.9. The highest BCUT2D eigenvalue weighted by molar-refractivity contribution is 8.00. The number of sulfonamides is 1. The summed E-state index contributed by atoms with van der Waals surface area (Å²) in [5, 5.41) is 1.63. The zero-order valence-corrected chi connectivity index (χ0v) is 19.6. The molecule has 7 heteroatoms. The Morgan fingerprint density at radius 2 is 1.67 bits per heavy atom. The van der Waals surface area contributed by atoms with Crippen molar-refractivity contribution in [3.8, 4) is 0 Å². The minimum absolute atomic E-state index is 0.0396. The first-order valence-electron chi connectivity index (χ1n) is 10.5. The fourth-order valence-corrected chi connectivity index (χ4v) is 6.28. The number of thioether (sulfide) groups is 1. The molecule has 1 N–H and O–H groups in total. The van der Waals surface area contributed by atoms with E-state index < -0.39 is 10.0 Å². The Morgan fingerprint density at radius 1 is 0.879 bits per heavy atom. The number of nitrogens with zero attached hydrogens (tertiary/aromatic N) is 1. The summed E-state index contributed by atoms with van der Waals surface area (Å²) in [6, 6.07) is 27.8. The number of hydrogen-bond donors (Lipinski definition) is 1. The first-order valence-corrected chi connectivity index (χ1v) is 13.1. The summed E-state index contributed by atoms with van der Waals surface area (Å²) < 4.78 is 28.8. The third-order valence-electron chi connectivity index (χ3n) is 5.60. The van der Waals surface area contributed by atoms with Gasteiger partial charge in [-0.3, -0.25) is 14.4 Å². The van der Waals surface area contributed by atoms with Crippen LogP contribution in [-0.2, 0) is 14.8 Å². The lowest BCUT2D eigenvalue weighted by atomic mass is 10.1. The quantitative estimate of drug-likeness (QED) is 0.401. The molecule has 166 valence electrons. The van der Waals surface area contributed by atoms with Gasteiger partial charge in [0.15, 0.2) is 0 Å². The summed E-state index contributed by atoms with van der Waals surface area (Å²) in [7, 11) is -3.76. The molecule has 1 heterocycles. The topological polar surface area (TPSA) is 66.5 Å². The standard InChI is InChI=1S/C26H22N2O3S2/c1-18-6-4-11-23(14-18)28-25(29)17-32-26(28)21-9-5-10-22(15-21)27-33(30,31)24-13-12-19-7-2-3-8-20(19)16-24/h2-16,26-27H,17H2,1H3/t26-/m0/s1. The second kappa shape index (κ2) is 8.57. The molecule has 0 aliphatic carbocycles. The summed E-state index contributed by atoms with van der Waals surface area (Å²) in [6.07, 6.45) is 0. The summed E-state index contributed by atoms with van der Waals surface area (Å²) in [5.41, 5.74) is 3.25. The van der Waals surface area contributed by atoms with Crippen molar-refractivity contribution >= 4 is 49.8 Å². The number of nitrogens with one attached hydrogen (secondary N) is 1. The fourth-order valence-electron chi connectivity index (χ4n) is 4.03. The van der Waals surface area contributed by atoms with Crippen LogP contribution in [0.4, 0.5) is 11.4 Å². The maximum atomic E-state index is 13.1. The average Bonchev–Trinajstić information content (AvgIpc) is 3.20. The molecule has 5 nitrogen and oxygen atoms in total. The van der Waals surface area contributed by atoms with Crippen LogP contribution in [0.15, 0.2) is 95.9 Å². The summed E-state index contributed by atoms with van der Waals surface area (Å²) in [5.74, 6) is 0.420. The summed E-state index contributed by atoms with van der Waals surface area (Å²) >= 11 is 1.54. The molecule has 0 aromatic heterocycles. The number of carbonyl (C=O) groups is 1. The van der Waals surface area contributed by atoms with Gasteiger partial charge in [0.25, 0.3) is 10.0 Å². The number of hydrogen-bond acceptors (Lipinski definition) is 4. The molecule has 5 rings (SSSR count). The second-order valence-electron chi connectivity index (χ2n) is 8.01. The van der Waals surface area contributed by atoms with Crippen molar-refractivity contribution in [1.82, 2.24) is 0 Å². The van der Waals surface area contributed by atoms with Gasteiger partial charge in [0.05, 0.1) is 10.6 Å². The van der Waals surface area contributed by atoms with Crippen molar-refractivity contribution in [2.24, 2.45) is 0 Å². The highest BCUT2D eigenvalue weighted by Gasteiger charge is 2.34. The van der Waals surface area contributed by atoms with Crippen LogP contribution in [-0.4, -0.2) is 20.1 Å². The van der Waals surface area contributed by atoms with E-state index in [-0.39, 0.29) is 16.2 Å².